The van der Waals surface area contributed by atoms with Gasteiger partial charge in [-0.3, -0.25) is 14.3 Å². The maximum atomic E-state index is 13.3. The highest BCUT2D eigenvalue weighted by atomic mass is 32.2. The number of carbonyl (C=O) groups is 2. The number of carbonyl (C=O) groups excluding carboxylic acids is 2. The number of nitrogens with zero attached hydrogens (tertiary/aromatic N) is 1. The molecule has 0 saturated heterocycles. The normalized spacial score (nSPS) is 14.4. The van der Waals surface area contributed by atoms with E-state index in [9.17, 15) is 18.0 Å². The zero-order chi connectivity index (χ0) is 28.8. The highest BCUT2D eigenvalue weighted by Gasteiger charge is 2.33. The largest absolute Gasteiger partial charge is 0.484 e. The number of fused-ring (bicyclic) bond motifs is 1. The minimum atomic E-state index is -3.80. The fraction of sp³-hybridized carbons (Fsp3) is 0.161. The number of rotatable bonds is 9. The molecule has 0 saturated carbocycles. The lowest BCUT2D eigenvalue weighted by Gasteiger charge is -2.34. The number of hydrogen-bond donors (Lipinski definition) is 2. The van der Waals surface area contributed by atoms with Crippen molar-refractivity contribution < 1.29 is 27.5 Å². The maximum absolute atomic E-state index is 13.3. The third kappa shape index (κ3) is 6.67. The molecular weight excluding hydrogens is 542 g/mol. The van der Waals surface area contributed by atoms with Crippen LogP contribution in [0.25, 0.3) is 0 Å². The lowest BCUT2D eigenvalue weighted by molar-refractivity contribution is -0.128. The highest BCUT2D eigenvalue weighted by Crippen LogP contribution is 2.33. The van der Waals surface area contributed by atoms with E-state index in [0.717, 1.165) is 11.1 Å². The quantitative estimate of drug-likeness (QED) is 0.310. The van der Waals surface area contributed by atoms with Gasteiger partial charge in [-0.1, -0.05) is 60.7 Å². The standard InChI is InChI=1S/C31H29N3O6S/c1-22-9-5-6-12-26(22)33-41(37,38)25-17-15-24(16-18-25)39-21-30(35)34-20-29(40-28-14-8-7-13-27(28)34)31(36)32-19-23-10-3-2-4-11-23/h2-18,29,33H,19-21H2,1H3,(H,32,36)/t29-/m1/s1. The van der Waals surface area contributed by atoms with Crippen LogP contribution in [-0.4, -0.2) is 39.5 Å². The first-order valence-corrected chi connectivity index (χ1v) is 14.5. The predicted octanol–water partition coefficient (Wildman–Crippen LogP) is 4.29. The second kappa shape index (κ2) is 12.1. The van der Waals surface area contributed by atoms with Crippen LogP contribution in [0.5, 0.6) is 11.5 Å². The number of anilines is 2. The van der Waals surface area contributed by atoms with Gasteiger partial charge in [0.25, 0.3) is 21.8 Å². The van der Waals surface area contributed by atoms with Gasteiger partial charge in [0.2, 0.25) is 0 Å². The van der Waals surface area contributed by atoms with Crippen LogP contribution in [0.3, 0.4) is 0 Å². The van der Waals surface area contributed by atoms with Crippen molar-refractivity contribution in [1.29, 1.82) is 0 Å². The van der Waals surface area contributed by atoms with E-state index in [1.54, 1.807) is 36.4 Å². The number of nitrogens with one attached hydrogen (secondary N) is 2. The molecule has 0 aliphatic carbocycles. The van der Waals surface area contributed by atoms with Gasteiger partial charge < -0.3 is 19.7 Å². The fourth-order valence-corrected chi connectivity index (χ4v) is 5.47. The summed E-state index contributed by atoms with van der Waals surface area (Å²) in [6.07, 6.45) is -0.900. The van der Waals surface area contributed by atoms with Crippen molar-refractivity contribution in [3.63, 3.8) is 0 Å². The van der Waals surface area contributed by atoms with Gasteiger partial charge in [0, 0.05) is 6.54 Å². The smallest absolute Gasteiger partial charge is 0.265 e. The van der Waals surface area contributed by atoms with Gasteiger partial charge in [0.05, 0.1) is 22.8 Å². The second-order valence-corrected chi connectivity index (χ2v) is 11.1. The van der Waals surface area contributed by atoms with Crippen LogP contribution in [0, 0.1) is 6.92 Å². The molecule has 1 aliphatic heterocycles. The number of para-hydroxylation sites is 3. The molecule has 0 aromatic heterocycles. The van der Waals surface area contributed by atoms with Crippen molar-refractivity contribution in [3.05, 3.63) is 114 Å². The van der Waals surface area contributed by atoms with Crippen LogP contribution in [0.15, 0.2) is 108 Å². The summed E-state index contributed by atoms with van der Waals surface area (Å²) in [7, 11) is -3.80. The first kappa shape index (κ1) is 27.7. The average molecular weight is 572 g/mol. The zero-order valence-corrected chi connectivity index (χ0v) is 23.1. The summed E-state index contributed by atoms with van der Waals surface area (Å²) in [6.45, 7) is 1.85. The number of aryl methyl sites for hydroxylation is 1. The minimum absolute atomic E-state index is 0.0155. The van der Waals surface area contributed by atoms with Gasteiger partial charge >= 0.3 is 0 Å². The van der Waals surface area contributed by atoms with Gasteiger partial charge in [-0.25, -0.2) is 8.42 Å². The molecule has 9 nitrogen and oxygen atoms in total. The Morgan fingerprint density at radius 2 is 1.59 bits per heavy atom. The molecule has 210 valence electrons. The zero-order valence-electron chi connectivity index (χ0n) is 22.3. The Kier molecular flexibility index (Phi) is 8.21. The van der Waals surface area contributed by atoms with Gasteiger partial charge in [-0.15, -0.1) is 0 Å². The number of benzene rings is 4. The summed E-state index contributed by atoms with van der Waals surface area (Å²) in [6, 6.07) is 29.4. The van der Waals surface area contributed by atoms with E-state index in [0.29, 0.717) is 29.4 Å². The van der Waals surface area contributed by atoms with Crippen molar-refractivity contribution in [3.8, 4) is 11.5 Å². The molecule has 0 radical (unpaired) electrons. The summed E-state index contributed by atoms with van der Waals surface area (Å²) in [5, 5.41) is 2.87. The molecule has 0 bridgehead atoms. The first-order chi connectivity index (χ1) is 19.8. The molecule has 1 heterocycles. The van der Waals surface area contributed by atoms with Crippen molar-refractivity contribution in [1.82, 2.24) is 5.32 Å². The SMILES string of the molecule is Cc1ccccc1NS(=O)(=O)c1ccc(OCC(=O)N2C[C@H](C(=O)NCc3ccccc3)Oc3ccccc32)cc1. The molecular formula is C31H29N3O6S. The number of ether oxygens (including phenoxy) is 2. The van der Waals surface area contributed by atoms with Crippen LogP contribution in [0.4, 0.5) is 11.4 Å². The van der Waals surface area contributed by atoms with E-state index in [2.05, 4.69) is 10.0 Å². The van der Waals surface area contributed by atoms with Crippen LogP contribution in [0.1, 0.15) is 11.1 Å². The van der Waals surface area contributed by atoms with Gasteiger partial charge in [0.15, 0.2) is 12.7 Å². The number of hydrogen-bond acceptors (Lipinski definition) is 6. The van der Waals surface area contributed by atoms with Crippen molar-refractivity contribution >= 4 is 33.2 Å². The van der Waals surface area contributed by atoms with Crippen LogP contribution in [0.2, 0.25) is 0 Å². The lowest BCUT2D eigenvalue weighted by atomic mass is 10.1. The monoisotopic (exact) mass is 571 g/mol. The molecule has 1 atom stereocenters. The summed E-state index contributed by atoms with van der Waals surface area (Å²) >= 11 is 0. The van der Waals surface area contributed by atoms with Crippen molar-refractivity contribution in [2.75, 3.05) is 22.8 Å². The fourth-order valence-electron chi connectivity index (χ4n) is 4.34. The summed E-state index contributed by atoms with van der Waals surface area (Å²) in [5.74, 6) is 0.0345. The van der Waals surface area contributed by atoms with Crippen LogP contribution >= 0.6 is 0 Å². The molecule has 10 heteroatoms. The topological polar surface area (TPSA) is 114 Å². The Morgan fingerprint density at radius 3 is 2.34 bits per heavy atom. The highest BCUT2D eigenvalue weighted by molar-refractivity contribution is 7.92. The van der Waals surface area contributed by atoms with E-state index in [4.69, 9.17) is 9.47 Å². The van der Waals surface area contributed by atoms with Crippen molar-refractivity contribution in [2.45, 2.75) is 24.5 Å². The third-order valence-corrected chi connectivity index (χ3v) is 7.94. The third-order valence-electron chi connectivity index (χ3n) is 6.56. The number of sulfonamides is 1. The summed E-state index contributed by atoms with van der Waals surface area (Å²) in [5.41, 5.74) is 2.78. The van der Waals surface area contributed by atoms with Crippen LogP contribution < -0.4 is 24.4 Å². The molecule has 1 aliphatic rings. The molecule has 2 amide bonds. The molecule has 4 aromatic rings. The molecule has 41 heavy (non-hydrogen) atoms. The minimum Gasteiger partial charge on any atom is -0.484 e. The Labute approximate surface area is 238 Å². The van der Waals surface area contributed by atoms with Gasteiger partial charge in [-0.05, 0) is 60.5 Å². The lowest BCUT2D eigenvalue weighted by Crippen LogP contribution is -2.51. The molecule has 0 fully saturated rings. The van der Waals surface area contributed by atoms with E-state index >= 15 is 0 Å². The Bertz CT molecular complexity index is 1640. The summed E-state index contributed by atoms with van der Waals surface area (Å²) in [4.78, 5) is 27.7. The first-order valence-electron chi connectivity index (χ1n) is 13.0. The molecule has 0 spiro atoms. The van der Waals surface area contributed by atoms with Crippen molar-refractivity contribution in [2.24, 2.45) is 0 Å². The molecule has 5 rings (SSSR count). The average Bonchev–Trinajstić information content (AvgIpc) is 3.00. The molecule has 2 N–H and O–H groups in total. The van der Waals surface area contributed by atoms with Crippen LogP contribution in [-0.2, 0) is 26.2 Å². The number of amides is 2. The Morgan fingerprint density at radius 1 is 0.902 bits per heavy atom. The molecule has 4 aromatic carbocycles. The molecule has 0 unspecified atom stereocenters. The van der Waals surface area contributed by atoms with Gasteiger partial charge in [-0.2, -0.15) is 0 Å². The second-order valence-electron chi connectivity index (χ2n) is 9.46. The van der Waals surface area contributed by atoms with Gasteiger partial charge in [0.1, 0.15) is 11.5 Å². The Hall–Kier alpha value is -4.83. The Balaban J connectivity index is 1.22. The maximum Gasteiger partial charge on any atom is 0.265 e. The van der Waals surface area contributed by atoms with E-state index < -0.39 is 16.1 Å². The summed E-state index contributed by atoms with van der Waals surface area (Å²) < 4.78 is 39.8. The predicted molar refractivity (Wildman–Crippen MR) is 155 cm³/mol. The van der Waals surface area contributed by atoms with E-state index in [1.165, 1.54) is 29.2 Å². The van der Waals surface area contributed by atoms with E-state index in [1.807, 2.05) is 49.4 Å². The van der Waals surface area contributed by atoms with E-state index in [-0.39, 0.29) is 29.9 Å².